The summed E-state index contributed by atoms with van der Waals surface area (Å²) in [6, 6.07) is 6.16. The Bertz CT molecular complexity index is 596. The van der Waals surface area contributed by atoms with Crippen molar-refractivity contribution in [2.45, 2.75) is 32.8 Å². The molecule has 0 radical (unpaired) electrons. The molecule has 1 heterocycles. The molecule has 0 fully saturated rings. The second-order valence-electron chi connectivity index (χ2n) is 5.97. The maximum Gasteiger partial charge on any atom is 0.191 e. The molecule has 146 valence electrons. The molecule has 0 aromatic heterocycles. The highest BCUT2D eigenvalue weighted by Gasteiger charge is 2.07. The number of guanidine groups is 1. The summed E-state index contributed by atoms with van der Waals surface area (Å²) >= 11 is 0. The second kappa shape index (κ2) is 12.9. The van der Waals surface area contributed by atoms with Crippen LogP contribution in [0.25, 0.3) is 0 Å². The third-order valence-electron chi connectivity index (χ3n) is 3.78. The molecule has 0 spiro atoms. The number of nitrogens with zero attached hydrogens (tertiary/aromatic N) is 1. The van der Waals surface area contributed by atoms with E-state index >= 15 is 0 Å². The Kier molecular flexibility index (Phi) is 11.3. The van der Waals surface area contributed by atoms with E-state index in [0.29, 0.717) is 12.3 Å². The number of rotatable bonds is 8. The van der Waals surface area contributed by atoms with Gasteiger partial charge in [-0.25, -0.2) is 9.38 Å². The van der Waals surface area contributed by atoms with Gasteiger partial charge in [-0.3, -0.25) is 0 Å². The van der Waals surface area contributed by atoms with Gasteiger partial charge >= 0.3 is 0 Å². The molecule has 0 amide bonds. The largest absolute Gasteiger partial charge is 0.489 e. The normalized spacial score (nSPS) is 15.5. The molecule has 1 unspecified atom stereocenters. The molecular formula is C19H29FIN3O2. The first-order valence-electron chi connectivity index (χ1n) is 8.87. The van der Waals surface area contributed by atoms with Crippen LogP contribution in [0.5, 0.6) is 5.75 Å². The monoisotopic (exact) mass is 477 g/mol. The molecule has 26 heavy (non-hydrogen) atoms. The van der Waals surface area contributed by atoms with Gasteiger partial charge in [-0.05, 0) is 38.8 Å². The first kappa shape index (κ1) is 22.7. The average Bonchev–Trinajstić information content (AvgIpc) is 2.60. The van der Waals surface area contributed by atoms with Crippen LogP contribution in [0.15, 0.2) is 40.9 Å². The Morgan fingerprint density at radius 3 is 2.92 bits per heavy atom. The predicted octanol–water partition coefficient (Wildman–Crippen LogP) is 3.50. The maximum atomic E-state index is 13.2. The molecule has 0 saturated carbocycles. The first-order valence-corrected chi connectivity index (χ1v) is 8.87. The molecule has 7 heteroatoms. The molecule has 0 bridgehead atoms. The quantitative estimate of drug-likeness (QED) is 0.261. The second-order valence-corrected chi connectivity index (χ2v) is 5.97. The van der Waals surface area contributed by atoms with E-state index in [1.165, 1.54) is 17.7 Å². The van der Waals surface area contributed by atoms with E-state index in [-0.39, 0.29) is 35.9 Å². The van der Waals surface area contributed by atoms with Crippen molar-refractivity contribution in [3.8, 4) is 5.75 Å². The highest BCUT2D eigenvalue weighted by molar-refractivity contribution is 14.0. The van der Waals surface area contributed by atoms with Crippen molar-refractivity contribution in [2.24, 2.45) is 4.99 Å². The van der Waals surface area contributed by atoms with Crippen LogP contribution < -0.4 is 15.4 Å². The highest BCUT2D eigenvalue weighted by atomic mass is 127. The van der Waals surface area contributed by atoms with Crippen molar-refractivity contribution in [2.75, 3.05) is 32.8 Å². The molecule has 1 aromatic carbocycles. The molecule has 1 aromatic rings. The molecule has 2 N–H and O–H groups in total. The minimum Gasteiger partial charge on any atom is -0.489 e. The molecule has 1 atom stereocenters. The van der Waals surface area contributed by atoms with E-state index in [2.05, 4.69) is 21.7 Å². The number of nitrogens with one attached hydrogen (secondary N) is 2. The summed E-state index contributed by atoms with van der Waals surface area (Å²) in [5, 5.41) is 6.57. The zero-order chi connectivity index (χ0) is 17.9. The number of aliphatic imine (C=N–C) groups is 1. The summed E-state index contributed by atoms with van der Waals surface area (Å²) in [5.74, 6) is 0.989. The van der Waals surface area contributed by atoms with Crippen LogP contribution in [0, 0.1) is 5.82 Å². The van der Waals surface area contributed by atoms with E-state index < -0.39 is 0 Å². The van der Waals surface area contributed by atoms with E-state index in [9.17, 15) is 4.39 Å². The average molecular weight is 477 g/mol. The van der Waals surface area contributed by atoms with Crippen molar-refractivity contribution >= 4 is 29.9 Å². The molecule has 0 aliphatic carbocycles. The standard InChI is InChI=1S/C19H28FN3O2.HI/c1-3-21-19(22-10-7-16-8-11-24-12-9-16)23-14-15(2)25-18-6-4-5-17(20)13-18;/h4-6,8,13,15H,3,7,9-12,14H2,1-2H3,(H2,21,22,23);1H. The lowest BCUT2D eigenvalue weighted by molar-refractivity contribution is 0.153. The van der Waals surface area contributed by atoms with Gasteiger partial charge in [0.25, 0.3) is 0 Å². The highest BCUT2D eigenvalue weighted by Crippen LogP contribution is 2.14. The van der Waals surface area contributed by atoms with Crippen molar-refractivity contribution < 1.29 is 13.9 Å². The fourth-order valence-electron chi connectivity index (χ4n) is 2.51. The Morgan fingerprint density at radius 2 is 2.23 bits per heavy atom. The smallest absolute Gasteiger partial charge is 0.191 e. The lowest BCUT2D eigenvalue weighted by Crippen LogP contribution is -2.38. The Hall–Kier alpha value is -1.35. The van der Waals surface area contributed by atoms with Crippen molar-refractivity contribution in [3.63, 3.8) is 0 Å². The first-order chi connectivity index (χ1) is 12.2. The zero-order valence-corrected chi connectivity index (χ0v) is 17.8. The molecule has 0 saturated heterocycles. The number of benzene rings is 1. The van der Waals surface area contributed by atoms with Crippen LogP contribution in [0.2, 0.25) is 0 Å². The Labute approximate surface area is 172 Å². The van der Waals surface area contributed by atoms with Crippen molar-refractivity contribution in [1.29, 1.82) is 0 Å². The minimum absolute atomic E-state index is 0. The summed E-state index contributed by atoms with van der Waals surface area (Å²) in [6.07, 6.45) is 4.01. The van der Waals surface area contributed by atoms with Gasteiger partial charge in [-0.1, -0.05) is 17.7 Å². The van der Waals surface area contributed by atoms with Gasteiger partial charge < -0.3 is 20.1 Å². The Morgan fingerprint density at radius 1 is 1.38 bits per heavy atom. The van der Waals surface area contributed by atoms with Crippen LogP contribution in [0.3, 0.4) is 0 Å². The van der Waals surface area contributed by atoms with Crippen LogP contribution in [0.4, 0.5) is 4.39 Å². The van der Waals surface area contributed by atoms with E-state index in [1.807, 2.05) is 13.8 Å². The van der Waals surface area contributed by atoms with Crippen LogP contribution in [0.1, 0.15) is 26.7 Å². The molecule has 1 aliphatic heterocycles. The number of hydrogen-bond acceptors (Lipinski definition) is 3. The fourth-order valence-corrected chi connectivity index (χ4v) is 2.51. The summed E-state index contributed by atoms with van der Waals surface area (Å²) in [4.78, 5) is 4.55. The predicted molar refractivity (Wildman–Crippen MR) is 114 cm³/mol. The number of hydrogen-bond donors (Lipinski definition) is 2. The van der Waals surface area contributed by atoms with Gasteiger partial charge in [-0.2, -0.15) is 0 Å². The van der Waals surface area contributed by atoms with Crippen LogP contribution in [-0.2, 0) is 4.74 Å². The molecular weight excluding hydrogens is 448 g/mol. The third kappa shape index (κ3) is 8.84. The summed E-state index contributed by atoms with van der Waals surface area (Å²) in [6.45, 7) is 7.60. The lowest BCUT2D eigenvalue weighted by Gasteiger charge is -2.17. The Balaban J connectivity index is 0.00000338. The summed E-state index contributed by atoms with van der Waals surface area (Å²) < 4.78 is 24.2. The fraction of sp³-hybridized carbons (Fsp3) is 0.526. The third-order valence-corrected chi connectivity index (χ3v) is 3.78. The van der Waals surface area contributed by atoms with Crippen molar-refractivity contribution in [3.05, 3.63) is 41.7 Å². The van der Waals surface area contributed by atoms with Crippen molar-refractivity contribution in [1.82, 2.24) is 10.6 Å². The lowest BCUT2D eigenvalue weighted by atomic mass is 10.1. The van der Waals surface area contributed by atoms with Gasteiger partial charge in [0, 0.05) is 19.2 Å². The van der Waals surface area contributed by atoms with Gasteiger partial charge in [0.05, 0.1) is 19.8 Å². The molecule has 1 aliphatic rings. The maximum absolute atomic E-state index is 13.2. The van der Waals surface area contributed by atoms with E-state index in [4.69, 9.17) is 9.47 Å². The van der Waals surface area contributed by atoms with Crippen LogP contribution in [-0.4, -0.2) is 44.9 Å². The topological polar surface area (TPSA) is 54.9 Å². The summed E-state index contributed by atoms with van der Waals surface area (Å²) in [5.41, 5.74) is 1.43. The van der Waals surface area contributed by atoms with E-state index in [1.54, 1.807) is 12.1 Å². The van der Waals surface area contributed by atoms with Gasteiger partial charge in [-0.15, -0.1) is 24.0 Å². The zero-order valence-electron chi connectivity index (χ0n) is 15.5. The molecule has 2 rings (SSSR count). The van der Waals surface area contributed by atoms with Crippen LogP contribution >= 0.6 is 24.0 Å². The van der Waals surface area contributed by atoms with E-state index in [0.717, 1.165) is 45.1 Å². The SMILES string of the molecule is CCNC(=NCC(C)Oc1cccc(F)c1)NCCC1=CCOCC1.I. The number of ether oxygens (including phenoxy) is 2. The summed E-state index contributed by atoms with van der Waals surface area (Å²) in [7, 11) is 0. The minimum atomic E-state index is -0.300. The van der Waals surface area contributed by atoms with Gasteiger partial charge in [0.15, 0.2) is 5.96 Å². The molecule has 5 nitrogen and oxygen atoms in total. The van der Waals surface area contributed by atoms with Gasteiger partial charge in [0.1, 0.15) is 17.7 Å². The number of halogens is 2. The van der Waals surface area contributed by atoms with Gasteiger partial charge in [0.2, 0.25) is 0 Å².